The molecule has 0 saturated heterocycles. The fourth-order valence-electron chi connectivity index (χ4n) is 6.68. The molecule has 9 aromatic rings. The standard InChI is InChI=1S/C43H27N3/c1-2-13-31(14-3-1)41-44-42(32-24-21-30(22-25-32)36-20-10-16-28-11-4-7-17-35(28)36)46-43(45-41)40-38-19-9-6-15-33(38)27-34-26-23-29-12-5-8-18-37(29)39(34)40/h1-27H. The average Bonchev–Trinajstić information content (AvgIpc) is 3.14. The Labute approximate surface area is 266 Å². The monoisotopic (exact) mass is 585 g/mol. The Morgan fingerprint density at radius 1 is 0.304 bits per heavy atom. The minimum atomic E-state index is 0.648. The highest BCUT2D eigenvalue weighted by Crippen LogP contribution is 2.40. The van der Waals surface area contributed by atoms with Crippen LogP contribution in [0.1, 0.15) is 0 Å². The molecule has 9 rings (SSSR count). The molecule has 214 valence electrons. The summed E-state index contributed by atoms with van der Waals surface area (Å²) in [6.07, 6.45) is 0. The molecule has 0 radical (unpaired) electrons. The maximum absolute atomic E-state index is 5.24. The summed E-state index contributed by atoms with van der Waals surface area (Å²) >= 11 is 0. The molecule has 0 amide bonds. The van der Waals surface area contributed by atoms with E-state index in [4.69, 9.17) is 15.0 Å². The number of benzene rings is 8. The first-order chi connectivity index (χ1) is 22.8. The third-order valence-electron chi connectivity index (χ3n) is 8.89. The van der Waals surface area contributed by atoms with Crippen molar-refractivity contribution >= 4 is 43.1 Å². The number of hydrogen-bond acceptors (Lipinski definition) is 3. The average molecular weight is 586 g/mol. The molecule has 0 aliphatic rings. The molecule has 3 nitrogen and oxygen atoms in total. The zero-order valence-corrected chi connectivity index (χ0v) is 24.9. The SMILES string of the molecule is c1ccc(-c2nc(-c3ccc(-c4cccc5ccccc45)cc3)nc(-c3c4ccccc4cc4ccc5ccccc5c34)n2)cc1. The lowest BCUT2D eigenvalue weighted by Crippen LogP contribution is -2.01. The Kier molecular flexibility index (Phi) is 6.14. The molecule has 3 heteroatoms. The molecule has 0 atom stereocenters. The molecule has 46 heavy (non-hydrogen) atoms. The van der Waals surface area contributed by atoms with E-state index < -0.39 is 0 Å². The molecule has 0 fully saturated rings. The van der Waals surface area contributed by atoms with Gasteiger partial charge in [0.05, 0.1) is 0 Å². The minimum absolute atomic E-state index is 0.648. The number of aromatic nitrogens is 3. The van der Waals surface area contributed by atoms with E-state index in [0.29, 0.717) is 17.5 Å². The second kappa shape index (κ2) is 10.8. The molecule has 0 aliphatic carbocycles. The molecule has 0 unspecified atom stereocenters. The zero-order chi connectivity index (χ0) is 30.5. The van der Waals surface area contributed by atoms with Crippen LogP contribution < -0.4 is 0 Å². The zero-order valence-electron chi connectivity index (χ0n) is 24.9. The van der Waals surface area contributed by atoms with Crippen LogP contribution in [0, 0.1) is 0 Å². The third kappa shape index (κ3) is 4.41. The summed E-state index contributed by atoms with van der Waals surface area (Å²) in [7, 11) is 0. The first kappa shape index (κ1) is 26.2. The Bertz CT molecular complexity index is 2570. The maximum atomic E-state index is 5.24. The van der Waals surface area contributed by atoms with Crippen LogP contribution in [0.2, 0.25) is 0 Å². The van der Waals surface area contributed by atoms with Gasteiger partial charge in [0.25, 0.3) is 0 Å². The molecule has 0 aliphatic heterocycles. The van der Waals surface area contributed by atoms with Gasteiger partial charge in [0, 0.05) is 22.1 Å². The van der Waals surface area contributed by atoms with Crippen LogP contribution in [0.15, 0.2) is 164 Å². The van der Waals surface area contributed by atoms with Gasteiger partial charge >= 0.3 is 0 Å². The lowest BCUT2D eigenvalue weighted by molar-refractivity contribution is 1.08. The fourth-order valence-corrected chi connectivity index (χ4v) is 6.68. The molecule has 0 spiro atoms. The van der Waals surface area contributed by atoms with E-state index in [1.807, 2.05) is 18.2 Å². The quantitative estimate of drug-likeness (QED) is 0.152. The highest BCUT2D eigenvalue weighted by atomic mass is 15.0. The fraction of sp³-hybridized carbons (Fsp3) is 0. The molecule has 0 saturated carbocycles. The lowest BCUT2D eigenvalue weighted by Gasteiger charge is -2.15. The first-order valence-corrected chi connectivity index (χ1v) is 15.5. The van der Waals surface area contributed by atoms with Crippen LogP contribution in [-0.2, 0) is 0 Å². The van der Waals surface area contributed by atoms with E-state index in [0.717, 1.165) is 43.8 Å². The van der Waals surface area contributed by atoms with Gasteiger partial charge in [-0.3, -0.25) is 0 Å². The summed E-state index contributed by atoms with van der Waals surface area (Å²) in [4.78, 5) is 15.5. The van der Waals surface area contributed by atoms with Crippen LogP contribution in [0.25, 0.3) is 88.4 Å². The molecule has 1 aromatic heterocycles. The van der Waals surface area contributed by atoms with Crippen molar-refractivity contribution in [3.8, 4) is 45.3 Å². The summed E-state index contributed by atoms with van der Waals surface area (Å²) in [5, 5.41) is 9.43. The molecular weight excluding hydrogens is 558 g/mol. The number of rotatable bonds is 4. The van der Waals surface area contributed by atoms with Gasteiger partial charge in [0.2, 0.25) is 0 Å². The summed E-state index contributed by atoms with van der Waals surface area (Å²) in [6, 6.07) is 57.5. The third-order valence-corrected chi connectivity index (χ3v) is 8.89. The van der Waals surface area contributed by atoms with Gasteiger partial charge in [0.1, 0.15) is 0 Å². The van der Waals surface area contributed by atoms with E-state index in [1.54, 1.807) is 0 Å². The van der Waals surface area contributed by atoms with Crippen molar-refractivity contribution in [2.75, 3.05) is 0 Å². The van der Waals surface area contributed by atoms with Crippen LogP contribution in [0.3, 0.4) is 0 Å². The van der Waals surface area contributed by atoms with Gasteiger partial charge in [0.15, 0.2) is 17.5 Å². The second-order valence-corrected chi connectivity index (χ2v) is 11.6. The summed E-state index contributed by atoms with van der Waals surface area (Å²) in [5.74, 6) is 1.97. The number of fused-ring (bicyclic) bond motifs is 5. The molecule has 0 N–H and O–H groups in total. The summed E-state index contributed by atoms with van der Waals surface area (Å²) in [6.45, 7) is 0. The Balaban J connectivity index is 1.29. The number of hydrogen-bond donors (Lipinski definition) is 0. The van der Waals surface area contributed by atoms with Crippen LogP contribution >= 0.6 is 0 Å². The van der Waals surface area contributed by atoms with E-state index in [1.165, 1.54) is 27.1 Å². The maximum Gasteiger partial charge on any atom is 0.165 e. The summed E-state index contributed by atoms with van der Waals surface area (Å²) in [5.41, 5.74) is 5.29. The molecule has 1 heterocycles. The highest BCUT2D eigenvalue weighted by molar-refractivity contribution is 6.21. The highest BCUT2D eigenvalue weighted by Gasteiger charge is 2.19. The van der Waals surface area contributed by atoms with Gasteiger partial charge in [-0.05, 0) is 54.9 Å². The Morgan fingerprint density at radius 3 is 1.59 bits per heavy atom. The van der Waals surface area contributed by atoms with E-state index in [-0.39, 0.29) is 0 Å². The topological polar surface area (TPSA) is 38.7 Å². The normalized spacial score (nSPS) is 11.5. The molecule has 8 aromatic carbocycles. The first-order valence-electron chi connectivity index (χ1n) is 15.5. The second-order valence-electron chi connectivity index (χ2n) is 11.6. The van der Waals surface area contributed by atoms with Crippen molar-refractivity contribution in [3.05, 3.63) is 164 Å². The predicted molar refractivity (Wildman–Crippen MR) is 192 cm³/mol. The van der Waals surface area contributed by atoms with Crippen molar-refractivity contribution in [1.82, 2.24) is 15.0 Å². The van der Waals surface area contributed by atoms with Crippen molar-refractivity contribution in [2.45, 2.75) is 0 Å². The van der Waals surface area contributed by atoms with Crippen molar-refractivity contribution < 1.29 is 0 Å². The minimum Gasteiger partial charge on any atom is -0.208 e. The van der Waals surface area contributed by atoms with Gasteiger partial charge in [-0.15, -0.1) is 0 Å². The van der Waals surface area contributed by atoms with Crippen molar-refractivity contribution in [1.29, 1.82) is 0 Å². The van der Waals surface area contributed by atoms with Gasteiger partial charge in [-0.2, -0.15) is 0 Å². The summed E-state index contributed by atoms with van der Waals surface area (Å²) < 4.78 is 0. The van der Waals surface area contributed by atoms with E-state index in [9.17, 15) is 0 Å². The van der Waals surface area contributed by atoms with Crippen LogP contribution in [0.5, 0.6) is 0 Å². The molecule has 0 bridgehead atoms. The van der Waals surface area contributed by atoms with Gasteiger partial charge in [-0.1, -0.05) is 158 Å². The lowest BCUT2D eigenvalue weighted by atomic mass is 9.92. The van der Waals surface area contributed by atoms with Crippen LogP contribution in [0.4, 0.5) is 0 Å². The molecular formula is C43H27N3. The largest absolute Gasteiger partial charge is 0.208 e. The Hall–Kier alpha value is -6.19. The predicted octanol–water partition coefficient (Wildman–Crippen LogP) is 11.2. The van der Waals surface area contributed by atoms with E-state index in [2.05, 4.69) is 146 Å². The Morgan fingerprint density at radius 2 is 0.826 bits per heavy atom. The van der Waals surface area contributed by atoms with Crippen LogP contribution in [-0.4, -0.2) is 15.0 Å². The van der Waals surface area contributed by atoms with E-state index >= 15 is 0 Å². The van der Waals surface area contributed by atoms with Gasteiger partial charge < -0.3 is 0 Å². The van der Waals surface area contributed by atoms with Crippen molar-refractivity contribution in [2.24, 2.45) is 0 Å². The van der Waals surface area contributed by atoms with Crippen molar-refractivity contribution in [3.63, 3.8) is 0 Å². The van der Waals surface area contributed by atoms with Gasteiger partial charge in [-0.25, -0.2) is 15.0 Å². The smallest absolute Gasteiger partial charge is 0.165 e. The number of nitrogens with zero attached hydrogens (tertiary/aromatic N) is 3.